The lowest BCUT2D eigenvalue weighted by Crippen LogP contribution is -2.57. The molecule has 7 rings (SSSR count). The molecule has 0 unspecified atom stereocenters. The van der Waals surface area contributed by atoms with Gasteiger partial charge in [0, 0.05) is 38.7 Å². The van der Waals surface area contributed by atoms with Gasteiger partial charge in [-0.25, -0.2) is 0 Å². The number of ether oxygens (including phenoxy) is 7. The van der Waals surface area contributed by atoms with E-state index in [2.05, 4.69) is 32.0 Å². The average Bonchev–Trinajstić information content (AvgIpc) is 3.50. The molecule has 0 aromatic rings. The van der Waals surface area contributed by atoms with Crippen LogP contribution in [0, 0.1) is 23.7 Å². The van der Waals surface area contributed by atoms with Gasteiger partial charge in [0.1, 0.15) is 35.5 Å². The minimum Gasteiger partial charge on any atom is -0.462 e. The summed E-state index contributed by atoms with van der Waals surface area (Å²) >= 11 is 0. The molecule has 0 amide bonds. The van der Waals surface area contributed by atoms with E-state index in [9.17, 15) is 20.2 Å². The molecular weight excluding hydrogens is 706 g/mol. The quantitative estimate of drug-likeness (QED) is 0.132. The number of esters is 1. The van der Waals surface area contributed by atoms with Crippen LogP contribution in [0.2, 0.25) is 0 Å². The van der Waals surface area contributed by atoms with Crippen molar-refractivity contribution in [3.63, 3.8) is 0 Å². The van der Waals surface area contributed by atoms with Crippen LogP contribution in [0.1, 0.15) is 105 Å². The Kier molecular flexibility index (Phi) is 12.5. The van der Waals surface area contributed by atoms with Crippen molar-refractivity contribution < 1.29 is 53.4 Å². The molecule has 5 aliphatic heterocycles. The predicted molar refractivity (Wildman–Crippen MR) is 203 cm³/mol. The summed E-state index contributed by atoms with van der Waals surface area (Å²) in [5.74, 6) is -1.83. The molecule has 306 valence electrons. The lowest BCUT2D eigenvalue weighted by Gasteiger charge is -2.51. The first-order valence-corrected chi connectivity index (χ1v) is 20.7. The predicted octanol–water partition coefficient (Wildman–Crippen LogP) is 6.07. The number of oxime groups is 1. The third kappa shape index (κ3) is 8.17. The molecule has 4 saturated heterocycles. The van der Waals surface area contributed by atoms with E-state index < -0.39 is 66.2 Å². The fraction of sp³-hybridized carbons (Fsp3) is 0.767. The maximum atomic E-state index is 14.4. The normalized spacial score (nSPS) is 46.9. The van der Waals surface area contributed by atoms with Crippen LogP contribution in [0.15, 0.2) is 52.3 Å². The Morgan fingerprint density at radius 3 is 2.55 bits per heavy atom. The third-order valence-electron chi connectivity index (χ3n) is 13.6. The van der Waals surface area contributed by atoms with Gasteiger partial charge in [-0.1, -0.05) is 68.6 Å². The summed E-state index contributed by atoms with van der Waals surface area (Å²) in [4.78, 5) is 14.4. The van der Waals surface area contributed by atoms with Crippen molar-refractivity contribution >= 4 is 11.7 Å². The molecule has 1 spiro atoms. The lowest BCUT2D eigenvalue weighted by atomic mass is 9.71. The molecule has 0 aromatic carbocycles. The van der Waals surface area contributed by atoms with Crippen molar-refractivity contribution in [2.45, 2.75) is 172 Å². The van der Waals surface area contributed by atoms with Gasteiger partial charge in [-0.2, -0.15) is 0 Å². The van der Waals surface area contributed by atoms with Crippen molar-refractivity contribution in [1.82, 2.24) is 0 Å². The van der Waals surface area contributed by atoms with Crippen molar-refractivity contribution in [2.24, 2.45) is 28.8 Å². The largest absolute Gasteiger partial charge is 0.462 e. The molecule has 14 atom stereocenters. The molecular formula is C43H63NO11. The highest BCUT2D eigenvalue weighted by Gasteiger charge is 2.60. The molecule has 5 fully saturated rings. The maximum absolute atomic E-state index is 14.4. The summed E-state index contributed by atoms with van der Waals surface area (Å²) in [5.41, 5.74) is 0.362. The van der Waals surface area contributed by atoms with Gasteiger partial charge < -0.3 is 48.6 Å². The first-order chi connectivity index (χ1) is 26.4. The number of hydrogen-bond donors (Lipinski definition) is 3. The molecule has 55 heavy (non-hydrogen) atoms. The summed E-state index contributed by atoms with van der Waals surface area (Å²) in [6.45, 7) is 10.0. The van der Waals surface area contributed by atoms with Gasteiger partial charge in [0.15, 0.2) is 12.1 Å². The topological polar surface area (TPSA) is 155 Å². The molecule has 7 aliphatic rings. The summed E-state index contributed by atoms with van der Waals surface area (Å²) < 4.78 is 45.1. The Bertz CT molecular complexity index is 1550. The standard InChI is InChI=1S/C43H63NO11/c1-24-11-10-14-30-23-50-40-36(44-48)27(4)19-33(43(30,40)47)41(46)52-32-20-31(16-15-25(2)38(24)53-35-21-34(49-6)37(45)28(5)51-35)54-42(22-32)18-17-26(3)39(55-42)29-12-8-7-9-13-29/h10-11,14-15,19,24,26,28-29,31-35,37-40,45,47-48H,7-9,12-13,16-18,20-23H2,1-6H3/b11-10+,25-15+,30-14?,44-36+/t24-,26-,28-,31+,32-,33+,34-,35-,37-,38-,39+,40+,42+,43+/m0/s1. The highest BCUT2D eigenvalue weighted by Crippen LogP contribution is 2.48. The van der Waals surface area contributed by atoms with Gasteiger partial charge in [0.05, 0.1) is 37.1 Å². The van der Waals surface area contributed by atoms with Gasteiger partial charge in [-0.3, -0.25) is 4.79 Å². The first-order valence-electron chi connectivity index (χ1n) is 20.7. The van der Waals surface area contributed by atoms with Crippen LogP contribution >= 0.6 is 0 Å². The molecule has 0 radical (unpaired) electrons. The SMILES string of the molecule is CO[C@H]1C[C@H](O[C@@H]2/C(C)=C/C[C@@H]3C[C@@H](C[C@]4(CC[C@H](C)[C@H](C5CCCCC5)O4)O3)OC(=O)[C@H]3C=C(C)/C(=N\O)[C@H]4OCC(=C/C=C/[C@@H]2C)[C@@]34O)O[C@@H](C)[C@@H]1O. The smallest absolute Gasteiger partial charge is 0.316 e. The second-order valence-corrected chi connectivity index (χ2v) is 17.4. The Hall–Kier alpha value is -2.42. The zero-order chi connectivity index (χ0) is 39.1. The molecule has 2 bridgehead atoms. The summed E-state index contributed by atoms with van der Waals surface area (Å²) in [5, 5.41) is 36.7. The van der Waals surface area contributed by atoms with Crippen molar-refractivity contribution in [3.8, 4) is 0 Å². The van der Waals surface area contributed by atoms with E-state index in [0.29, 0.717) is 55.1 Å². The Labute approximate surface area is 325 Å². The lowest BCUT2D eigenvalue weighted by molar-refractivity contribution is -0.342. The van der Waals surface area contributed by atoms with Crippen molar-refractivity contribution in [1.29, 1.82) is 0 Å². The van der Waals surface area contributed by atoms with Gasteiger partial charge in [-0.15, -0.1) is 0 Å². The number of fused-ring (bicyclic) bond motifs is 2. The number of aliphatic hydroxyl groups excluding tert-OH is 1. The number of rotatable bonds is 4. The second kappa shape index (κ2) is 16.8. The van der Waals surface area contributed by atoms with E-state index >= 15 is 0 Å². The number of carbonyl (C=O) groups is 1. The molecule has 1 saturated carbocycles. The van der Waals surface area contributed by atoms with E-state index in [1.165, 1.54) is 19.3 Å². The van der Waals surface area contributed by atoms with Crippen LogP contribution in [0.25, 0.3) is 0 Å². The second-order valence-electron chi connectivity index (χ2n) is 17.4. The zero-order valence-electron chi connectivity index (χ0n) is 33.4. The molecule has 3 N–H and O–H groups in total. The number of methoxy groups -OCH3 is 1. The van der Waals surface area contributed by atoms with Crippen molar-refractivity contribution in [2.75, 3.05) is 13.7 Å². The highest BCUT2D eigenvalue weighted by atomic mass is 16.7. The summed E-state index contributed by atoms with van der Waals surface area (Å²) in [7, 11) is 1.59. The van der Waals surface area contributed by atoms with Crippen LogP contribution in [0.4, 0.5) is 0 Å². The van der Waals surface area contributed by atoms with Crippen LogP contribution in [0.5, 0.6) is 0 Å². The monoisotopic (exact) mass is 769 g/mol. The maximum Gasteiger partial charge on any atom is 0.316 e. The number of aliphatic hydroxyl groups is 2. The van der Waals surface area contributed by atoms with Crippen LogP contribution in [0.3, 0.4) is 0 Å². The number of nitrogens with zero attached hydrogens (tertiary/aromatic N) is 1. The molecule has 2 aliphatic carbocycles. The van der Waals surface area contributed by atoms with E-state index in [0.717, 1.165) is 24.8 Å². The Balaban J connectivity index is 1.25. The average molecular weight is 770 g/mol. The Morgan fingerprint density at radius 1 is 1.02 bits per heavy atom. The van der Waals surface area contributed by atoms with Gasteiger partial charge in [0.25, 0.3) is 0 Å². The van der Waals surface area contributed by atoms with Gasteiger partial charge >= 0.3 is 5.97 Å². The highest BCUT2D eigenvalue weighted by molar-refractivity contribution is 6.06. The minimum absolute atomic E-state index is 0.0359. The number of allylic oxidation sites excluding steroid dienone is 2. The van der Waals surface area contributed by atoms with Crippen LogP contribution < -0.4 is 0 Å². The van der Waals surface area contributed by atoms with E-state index in [-0.39, 0.29) is 30.4 Å². The van der Waals surface area contributed by atoms with E-state index in [1.807, 2.05) is 19.1 Å². The van der Waals surface area contributed by atoms with Crippen LogP contribution in [-0.2, 0) is 38.0 Å². The van der Waals surface area contributed by atoms with Gasteiger partial charge in [0.2, 0.25) is 0 Å². The Morgan fingerprint density at radius 2 is 1.80 bits per heavy atom. The van der Waals surface area contributed by atoms with Gasteiger partial charge in [-0.05, 0) is 75.0 Å². The molecule has 12 nitrogen and oxygen atoms in total. The zero-order valence-corrected chi connectivity index (χ0v) is 33.4. The third-order valence-corrected chi connectivity index (χ3v) is 13.6. The number of carbonyl (C=O) groups excluding carboxylic acids is 1. The van der Waals surface area contributed by atoms with Crippen molar-refractivity contribution in [3.05, 3.63) is 47.1 Å². The molecule has 5 heterocycles. The van der Waals surface area contributed by atoms with Crippen LogP contribution in [-0.4, -0.2) is 107 Å². The molecule has 0 aromatic heterocycles. The number of hydrogen-bond acceptors (Lipinski definition) is 12. The van der Waals surface area contributed by atoms with E-state index in [1.54, 1.807) is 26.2 Å². The summed E-state index contributed by atoms with van der Waals surface area (Å²) in [6.07, 6.45) is 14.4. The van der Waals surface area contributed by atoms with E-state index in [4.69, 9.17) is 33.2 Å². The summed E-state index contributed by atoms with van der Waals surface area (Å²) in [6, 6.07) is 0. The fourth-order valence-electron chi connectivity index (χ4n) is 10.4. The first kappa shape index (κ1) is 40.8. The minimum atomic E-state index is -1.83. The molecule has 12 heteroatoms. The fourth-order valence-corrected chi connectivity index (χ4v) is 10.4.